The molecule has 3 nitrogen and oxygen atoms in total. The quantitative estimate of drug-likeness (QED) is 0.497. The zero-order valence-electron chi connectivity index (χ0n) is 20.9. The van der Waals surface area contributed by atoms with Crippen LogP contribution in [0, 0.1) is 18.6 Å². The minimum Gasteiger partial charge on any atom is -0.373 e. The molecule has 1 N–H and O–H groups in total. The fourth-order valence-corrected chi connectivity index (χ4v) is 4.46. The number of carbonyl (C=O) groups is 1. The van der Waals surface area contributed by atoms with Gasteiger partial charge in [-0.15, -0.1) is 0 Å². The summed E-state index contributed by atoms with van der Waals surface area (Å²) < 4.78 is 32.5. The molecule has 33 heavy (non-hydrogen) atoms. The van der Waals surface area contributed by atoms with Gasteiger partial charge < -0.3 is 10.1 Å². The SMILES string of the molecule is CC(=O)NC1CCC(OCc2c(F)cccc2F)CC1.Cc1c(C(C)C)cccc1C(C)C. The summed E-state index contributed by atoms with van der Waals surface area (Å²) in [7, 11) is 0. The molecule has 0 aromatic heterocycles. The third kappa shape index (κ3) is 8.22. The third-order valence-corrected chi connectivity index (χ3v) is 6.27. The number of benzene rings is 2. The average Bonchev–Trinajstić information content (AvgIpc) is 2.74. The van der Waals surface area contributed by atoms with Crippen LogP contribution < -0.4 is 5.32 Å². The van der Waals surface area contributed by atoms with Crippen molar-refractivity contribution in [3.63, 3.8) is 0 Å². The first kappa shape index (κ1) is 27.0. The lowest BCUT2D eigenvalue weighted by molar-refractivity contribution is -0.120. The van der Waals surface area contributed by atoms with Crippen LogP contribution in [0.4, 0.5) is 8.78 Å². The van der Waals surface area contributed by atoms with Crippen LogP contribution >= 0.6 is 0 Å². The van der Waals surface area contributed by atoms with Crippen molar-refractivity contribution >= 4 is 5.91 Å². The Morgan fingerprint density at radius 1 is 0.939 bits per heavy atom. The Morgan fingerprint density at radius 3 is 1.88 bits per heavy atom. The molecule has 0 heterocycles. The maximum Gasteiger partial charge on any atom is 0.217 e. The molecule has 0 saturated heterocycles. The van der Waals surface area contributed by atoms with Crippen molar-refractivity contribution in [1.82, 2.24) is 5.32 Å². The highest BCUT2D eigenvalue weighted by atomic mass is 19.1. The molecule has 0 aliphatic heterocycles. The van der Waals surface area contributed by atoms with Crippen molar-refractivity contribution in [2.45, 2.75) is 97.8 Å². The minimum atomic E-state index is -0.572. The molecule has 0 atom stereocenters. The zero-order valence-corrected chi connectivity index (χ0v) is 20.9. The molecule has 0 spiro atoms. The van der Waals surface area contributed by atoms with Gasteiger partial charge in [0, 0.05) is 18.5 Å². The van der Waals surface area contributed by atoms with Crippen LogP contribution in [0.25, 0.3) is 0 Å². The van der Waals surface area contributed by atoms with E-state index in [9.17, 15) is 13.6 Å². The van der Waals surface area contributed by atoms with Crippen LogP contribution in [0.3, 0.4) is 0 Å². The van der Waals surface area contributed by atoms with E-state index in [0.717, 1.165) is 25.7 Å². The summed E-state index contributed by atoms with van der Waals surface area (Å²) in [6.07, 6.45) is 3.26. The Hall–Kier alpha value is -2.27. The van der Waals surface area contributed by atoms with E-state index in [1.807, 2.05) is 0 Å². The van der Waals surface area contributed by atoms with E-state index < -0.39 is 11.6 Å². The molecule has 5 heteroatoms. The molecule has 0 unspecified atom stereocenters. The van der Waals surface area contributed by atoms with Crippen LogP contribution in [0.2, 0.25) is 0 Å². The van der Waals surface area contributed by atoms with Crippen molar-refractivity contribution in [3.05, 3.63) is 70.3 Å². The summed E-state index contributed by atoms with van der Waals surface area (Å²) in [6, 6.07) is 10.7. The smallest absolute Gasteiger partial charge is 0.217 e. The molecule has 1 fully saturated rings. The molecule has 182 valence electrons. The lowest BCUT2D eigenvalue weighted by atomic mass is 9.90. The van der Waals surface area contributed by atoms with Gasteiger partial charge in [0.1, 0.15) is 11.6 Å². The standard InChI is InChI=1S/C15H19F2NO2.C13H20/c1-10(19)18-11-5-7-12(8-6-11)20-9-13-14(16)3-2-4-15(13)17;1-9(2)12-7-6-8-13(10(3)4)11(12)5/h2-4,11-12H,5-9H2,1H3,(H,18,19);6-10H,1-5H3. The molecule has 1 aliphatic rings. The Labute approximate surface area is 197 Å². The van der Waals surface area contributed by atoms with Crippen LogP contribution in [0.5, 0.6) is 0 Å². The van der Waals surface area contributed by atoms with Gasteiger partial charge in [-0.1, -0.05) is 52.0 Å². The number of hydrogen-bond donors (Lipinski definition) is 1. The summed E-state index contributed by atoms with van der Waals surface area (Å²) in [6.45, 7) is 12.7. The second-order valence-electron chi connectivity index (χ2n) is 9.56. The highest BCUT2D eigenvalue weighted by Gasteiger charge is 2.22. The Morgan fingerprint density at radius 2 is 1.42 bits per heavy atom. The number of nitrogens with one attached hydrogen (secondary N) is 1. The van der Waals surface area contributed by atoms with Crippen LogP contribution in [0.1, 0.15) is 94.4 Å². The van der Waals surface area contributed by atoms with E-state index in [1.54, 1.807) is 0 Å². The molecular formula is C28H39F2NO2. The predicted molar refractivity (Wildman–Crippen MR) is 130 cm³/mol. The molecular weight excluding hydrogens is 420 g/mol. The molecule has 0 radical (unpaired) electrons. The molecule has 1 saturated carbocycles. The van der Waals surface area contributed by atoms with Gasteiger partial charge in [0.15, 0.2) is 0 Å². The highest BCUT2D eigenvalue weighted by Crippen LogP contribution is 2.26. The van der Waals surface area contributed by atoms with Gasteiger partial charge >= 0.3 is 0 Å². The normalized spacial score (nSPS) is 18.1. The second-order valence-corrected chi connectivity index (χ2v) is 9.56. The first-order chi connectivity index (χ1) is 15.6. The van der Waals surface area contributed by atoms with Crippen molar-refractivity contribution < 1.29 is 18.3 Å². The van der Waals surface area contributed by atoms with Crippen molar-refractivity contribution in [2.75, 3.05) is 0 Å². The number of hydrogen-bond acceptors (Lipinski definition) is 2. The second kappa shape index (κ2) is 12.8. The van der Waals surface area contributed by atoms with Gasteiger partial charge in [-0.3, -0.25) is 4.79 Å². The Bertz CT molecular complexity index is 856. The van der Waals surface area contributed by atoms with Gasteiger partial charge in [0.2, 0.25) is 5.91 Å². The number of carbonyl (C=O) groups excluding carboxylic acids is 1. The number of halogens is 2. The topological polar surface area (TPSA) is 38.3 Å². The van der Waals surface area contributed by atoms with Crippen molar-refractivity contribution in [2.24, 2.45) is 0 Å². The zero-order chi connectivity index (χ0) is 24.5. The first-order valence-electron chi connectivity index (χ1n) is 12.0. The van der Waals surface area contributed by atoms with E-state index >= 15 is 0 Å². The summed E-state index contributed by atoms with van der Waals surface area (Å²) in [5.74, 6) is 0.106. The molecule has 2 aromatic rings. The van der Waals surface area contributed by atoms with Gasteiger partial charge in [-0.05, 0) is 73.3 Å². The molecule has 2 aromatic carbocycles. The summed E-state index contributed by atoms with van der Waals surface area (Å²) in [5.41, 5.74) is 4.45. The van der Waals surface area contributed by atoms with E-state index in [2.05, 4.69) is 58.1 Å². The lowest BCUT2D eigenvalue weighted by Crippen LogP contribution is -2.37. The summed E-state index contributed by atoms with van der Waals surface area (Å²) >= 11 is 0. The van der Waals surface area contributed by atoms with Gasteiger partial charge in [0.05, 0.1) is 12.7 Å². The Balaban J connectivity index is 0.000000257. The van der Waals surface area contributed by atoms with Gasteiger partial charge in [-0.2, -0.15) is 0 Å². The largest absolute Gasteiger partial charge is 0.373 e. The van der Waals surface area contributed by atoms with E-state index in [0.29, 0.717) is 11.8 Å². The number of ether oxygens (including phenoxy) is 1. The van der Waals surface area contributed by atoms with Crippen LogP contribution in [0.15, 0.2) is 36.4 Å². The lowest BCUT2D eigenvalue weighted by Gasteiger charge is -2.28. The number of rotatable bonds is 6. The average molecular weight is 460 g/mol. The van der Waals surface area contributed by atoms with Crippen LogP contribution in [-0.2, 0) is 16.1 Å². The van der Waals surface area contributed by atoms with Crippen LogP contribution in [-0.4, -0.2) is 18.1 Å². The van der Waals surface area contributed by atoms with Gasteiger partial charge in [0.25, 0.3) is 0 Å². The van der Waals surface area contributed by atoms with E-state index in [4.69, 9.17) is 4.74 Å². The molecule has 0 bridgehead atoms. The maximum absolute atomic E-state index is 13.4. The highest BCUT2D eigenvalue weighted by molar-refractivity contribution is 5.73. The maximum atomic E-state index is 13.4. The third-order valence-electron chi connectivity index (χ3n) is 6.27. The molecule has 1 aliphatic carbocycles. The predicted octanol–water partition coefficient (Wildman–Crippen LogP) is 7.17. The van der Waals surface area contributed by atoms with Gasteiger partial charge in [-0.25, -0.2) is 8.78 Å². The monoisotopic (exact) mass is 459 g/mol. The summed E-state index contributed by atoms with van der Waals surface area (Å²) in [5, 5.41) is 2.88. The fraction of sp³-hybridized carbons (Fsp3) is 0.536. The van der Waals surface area contributed by atoms with Crippen molar-refractivity contribution in [3.8, 4) is 0 Å². The Kier molecular flexibility index (Phi) is 10.5. The van der Waals surface area contributed by atoms with Crippen molar-refractivity contribution in [1.29, 1.82) is 0 Å². The first-order valence-corrected chi connectivity index (χ1v) is 12.0. The van der Waals surface area contributed by atoms with E-state index in [-0.39, 0.29) is 30.2 Å². The molecule has 1 amide bonds. The number of amides is 1. The fourth-order valence-electron chi connectivity index (χ4n) is 4.46. The summed E-state index contributed by atoms with van der Waals surface area (Å²) in [4.78, 5) is 11.0. The molecule has 3 rings (SSSR count). The van der Waals surface area contributed by atoms with E-state index in [1.165, 1.54) is 41.8 Å². The minimum absolute atomic E-state index is 0.000913.